The Labute approximate surface area is 350 Å². The largest absolute Gasteiger partial charge is 0.355 e. The summed E-state index contributed by atoms with van der Waals surface area (Å²) in [6.07, 6.45) is 11.1. The molecule has 0 fully saturated rings. The van der Waals surface area contributed by atoms with Crippen LogP contribution in [0.25, 0.3) is 61.5 Å². The average Bonchev–Trinajstić information content (AvgIpc) is 3.61. The number of anilines is 1. The number of aromatic nitrogens is 4. The van der Waals surface area contributed by atoms with E-state index in [4.69, 9.17) is 15.0 Å². The van der Waals surface area contributed by atoms with Crippen LogP contribution in [0.2, 0.25) is 0 Å². The first-order valence-corrected chi connectivity index (χ1v) is 20.6. The number of hydrogen-bond acceptors (Lipinski definition) is 5. The van der Waals surface area contributed by atoms with Crippen molar-refractivity contribution in [3.8, 4) is 28.5 Å². The van der Waals surface area contributed by atoms with E-state index in [0.717, 1.165) is 44.9 Å². The molecule has 0 amide bonds. The lowest BCUT2D eigenvalue weighted by Gasteiger charge is -2.27. The van der Waals surface area contributed by atoms with E-state index in [0.29, 0.717) is 17.6 Å². The number of dihydropyridines is 1. The first kappa shape index (κ1) is 36.7. The van der Waals surface area contributed by atoms with E-state index in [1.807, 2.05) is 60.7 Å². The van der Waals surface area contributed by atoms with Crippen LogP contribution in [0.1, 0.15) is 43.4 Å². The number of para-hydroxylation sites is 2. The van der Waals surface area contributed by atoms with Gasteiger partial charge in [0.05, 0.1) is 17.1 Å². The topological polar surface area (TPSA) is 67.7 Å². The molecule has 6 heteroatoms. The molecule has 0 saturated heterocycles. The van der Waals surface area contributed by atoms with Crippen LogP contribution in [0.4, 0.5) is 5.95 Å². The van der Waals surface area contributed by atoms with Crippen LogP contribution >= 0.6 is 0 Å². The normalized spacial score (nSPS) is 15.7. The molecule has 60 heavy (non-hydrogen) atoms. The molecule has 6 nitrogen and oxygen atoms in total. The minimum Gasteiger partial charge on any atom is -0.355 e. The van der Waals surface area contributed by atoms with Crippen LogP contribution in [0, 0.1) is 0 Å². The smallest absolute Gasteiger partial charge is 0.227 e. The van der Waals surface area contributed by atoms with Gasteiger partial charge in [0.1, 0.15) is 0 Å². The number of fused-ring (bicyclic) bond motifs is 7. The van der Waals surface area contributed by atoms with Crippen molar-refractivity contribution in [1.29, 1.82) is 0 Å². The summed E-state index contributed by atoms with van der Waals surface area (Å²) in [6, 6.07) is 55.1. The van der Waals surface area contributed by atoms with Crippen LogP contribution in [0.3, 0.4) is 0 Å². The summed E-state index contributed by atoms with van der Waals surface area (Å²) in [5.41, 5.74) is 14.7. The molecule has 2 bridgehead atoms. The molecular formula is C54H44N6. The number of benzene rings is 6. The van der Waals surface area contributed by atoms with E-state index >= 15 is 0 Å². The second-order valence-electron chi connectivity index (χ2n) is 15.4. The minimum atomic E-state index is -0.183. The minimum absolute atomic E-state index is 0.0622. The summed E-state index contributed by atoms with van der Waals surface area (Å²) < 4.78 is 2.39. The SMILES string of the molecule is C/C=C\C=C(\C1=C2C=C(c3ccc4c5ccccc5n(-c5ccccc5)c4c3)C=C(N2)c2ccccc2C1C)C(C)Nc1nc(-c2ccccc2)nc(-c2ccccc2)n1. The highest BCUT2D eigenvalue weighted by Crippen LogP contribution is 2.44. The molecular weight excluding hydrogens is 733 g/mol. The van der Waals surface area contributed by atoms with Gasteiger partial charge in [-0.2, -0.15) is 9.97 Å². The van der Waals surface area contributed by atoms with E-state index in [1.54, 1.807) is 0 Å². The summed E-state index contributed by atoms with van der Waals surface area (Å²) in [4.78, 5) is 14.9. The van der Waals surface area contributed by atoms with Crippen molar-refractivity contribution in [3.05, 3.63) is 222 Å². The van der Waals surface area contributed by atoms with E-state index in [2.05, 4.69) is 163 Å². The number of nitrogens with zero attached hydrogens (tertiary/aromatic N) is 4. The van der Waals surface area contributed by atoms with Gasteiger partial charge < -0.3 is 15.2 Å². The van der Waals surface area contributed by atoms with Crippen LogP contribution in [0.5, 0.6) is 0 Å². The Balaban J connectivity index is 1.12. The number of nitrogens with one attached hydrogen (secondary N) is 2. The molecule has 0 spiro atoms. The molecule has 2 aliphatic heterocycles. The molecule has 2 N–H and O–H groups in total. The zero-order chi connectivity index (χ0) is 40.6. The van der Waals surface area contributed by atoms with Gasteiger partial charge in [0.2, 0.25) is 5.95 Å². The maximum atomic E-state index is 5.00. The molecule has 0 radical (unpaired) electrons. The lowest BCUT2D eigenvalue weighted by molar-refractivity contribution is 0.820. The summed E-state index contributed by atoms with van der Waals surface area (Å²) in [5, 5.41) is 10.1. The molecule has 0 saturated carbocycles. The van der Waals surface area contributed by atoms with Crippen molar-refractivity contribution in [2.24, 2.45) is 0 Å². The van der Waals surface area contributed by atoms with Crippen molar-refractivity contribution < 1.29 is 0 Å². The Hall–Kier alpha value is -7.57. The van der Waals surface area contributed by atoms with Gasteiger partial charge in [0.15, 0.2) is 11.6 Å². The highest BCUT2D eigenvalue weighted by atomic mass is 15.2. The van der Waals surface area contributed by atoms with Crippen LogP contribution < -0.4 is 10.6 Å². The van der Waals surface area contributed by atoms with Crippen LogP contribution in [-0.4, -0.2) is 25.6 Å². The Morgan fingerprint density at radius 1 is 0.667 bits per heavy atom. The predicted octanol–water partition coefficient (Wildman–Crippen LogP) is 12.7. The van der Waals surface area contributed by atoms with E-state index in [1.165, 1.54) is 38.5 Å². The van der Waals surface area contributed by atoms with Gasteiger partial charge in [-0.3, -0.25) is 0 Å². The Morgan fingerprint density at radius 3 is 2.02 bits per heavy atom. The third-order valence-corrected chi connectivity index (χ3v) is 11.6. The summed E-state index contributed by atoms with van der Waals surface area (Å²) in [6.45, 7) is 6.58. The molecule has 2 atom stereocenters. The first-order chi connectivity index (χ1) is 29.5. The second-order valence-corrected chi connectivity index (χ2v) is 15.4. The molecule has 2 aliphatic rings. The monoisotopic (exact) mass is 776 g/mol. The zero-order valence-corrected chi connectivity index (χ0v) is 33.8. The molecule has 4 heterocycles. The van der Waals surface area contributed by atoms with Gasteiger partial charge in [-0.05, 0) is 78.1 Å². The quantitative estimate of drug-likeness (QED) is 0.143. The lowest BCUT2D eigenvalue weighted by Crippen LogP contribution is -2.25. The van der Waals surface area contributed by atoms with Crippen molar-refractivity contribution >= 4 is 39.0 Å². The van der Waals surface area contributed by atoms with Crippen LogP contribution in [0.15, 0.2) is 205 Å². The molecule has 290 valence electrons. The van der Waals surface area contributed by atoms with Gasteiger partial charge >= 0.3 is 0 Å². The van der Waals surface area contributed by atoms with Crippen molar-refractivity contribution in [1.82, 2.24) is 24.8 Å². The molecule has 8 aromatic rings. The number of hydrogen-bond donors (Lipinski definition) is 2. The van der Waals surface area contributed by atoms with Gasteiger partial charge in [-0.1, -0.05) is 159 Å². The van der Waals surface area contributed by atoms with Gasteiger partial charge in [-0.15, -0.1) is 0 Å². The average molecular weight is 777 g/mol. The molecule has 2 unspecified atom stereocenters. The number of rotatable bonds is 9. The lowest BCUT2D eigenvalue weighted by atomic mass is 9.82. The Kier molecular flexibility index (Phi) is 9.58. The maximum Gasteiger partial charge on any atom is 0.227 e. The maximum absolute atomic E-state index is 5.00. The highest BCUT2D eigenvalue weighted by Gasteiger charge is 2.31. The molecule has 0 aliphatic carbocycles. The molecule has 2 aromatic heterocycles. The highest BCUT2D eigenvalue weighted by molar-refractivity contribution is 6.10. The number of allylic oxidation sites excluding steroid dienone is 6. The summed E-state index contributed by atoms with van der Waals surface area (Å²) in [7, 11) is 0. The molecule has 10 rings (SSSR count). The Bertz CT molecular complexity index is 3000. The third kappa shape index (κ3) is 6.72. The van der Waals surface area contributed by atoms with Gasteiger partial charge in [0, 0.05) is 50.5 Å². The second kappa shape index (κ2) is 15.6. The van der Waals surface area contributed by atoms with Crippen molar-refractivity contribution in [3.63, 3.8) is 0 Å². The van der Waals surface area contributed by atoms with Crippen molar-refractivity contribution in [2.75, 3.05) is 5.32 Å². The summed E-state index contributed by atoms with van der Waals surface area (Å²) >= 11 is 0. The van der Waals surface area contributed by atoms with Gasteiger partial charge in [-0.25, -0.2) is 4.98 Å². The van der Waals surface area contributed by atoms with Gasteiger partial charge in [0.25, 0.3) is 0 Å². The summed E-state index contributed by atoms with van der Waals surface area (Å²) in [5.74, 6) is 1.82. The molecule has 6 aromatic carbocycles. The first-order valence-electron chi connectivity index (χ1n) is 20.6. The van der Waals surface area contributed by atoms with E-state index < -0.39 is 0 Å². The zero-order valence-electron chi connectivity index (χ0n) is 33.8. The standard InChI is InChI=1S/C54H44N6/c1-4-5-25-43(36(3)55-54-58-52(37-19-9-6-10-20-37)57-53(59-54)38-21-11-7-12-22-38)51-35(2)42-26-15-16-27-44(42)47-32-40(33-48(51)56-47)39-30-31-46-45-28-17-18-29-49(45)60(50(46)34-39)41-23-13-8-14-24-41/h4-36,56H,1-3H3,(H,55,57,58,59)/b5-4-,43-25+. The fraction of sp³-hybridized carbons (Fsp3) is 0.0926. The van der Waals surface area contributed by atoms with E-state index in [9.17, 15) is 0 Å². The van der Waals surface area contributed by atoms with E-state index in [-0.39, 0.29) is 12.0 Å². The Morgan fingerprint density at radius 2 is 1.30 bits per heavy atom. The predicted molar refractivity (Wildman–Crippen MR) is 248 cm³/mol. The third-order valence-electron chi connectivity index (χ3n) is 11.6. The fourth-order valence-corrected chi connectivity index (χ4v) is 8.76. The van der Waals surface area contributed by atoms with Crippen molar-refractivity contribution in [2.45, 2.75) is 32.7 Å². The fourth-order valence-electron chi connectivity index (χ4n) is 8.76. The van der Waals surface area contributed by atoms with Crippen LogP contribution in [-0.2, 0) is 0 Å².